The Morgan fingerprint density at radius 3 is 2.60 bits per heavy atom. The molecular weight excluding hydrogens is 246 g/mol. The van der Waals surface area contributed by atoms with E-state index in [4.69, 9.17) is 5.11 Å². The number of aliphatic hydroxyl groups excluding tert-OH is 1. The summed E-state index contributed by atoms with van der Waals surface area (Å²) >= 11 is 0. The predicted octanol–water partition coefficient (Wildman–Crippen LogP) is 2.90. The second-order valence-corrected chi connectivity index (χ2v) is 5.95. The van der Waals surface area contributed by atoms with Crippen molar-refractivity contribution in [1.29, 1.82) is 0 Å². The minimum atomic E-state index is 0.136. The van der Waals surface area contributed by atoms with Gasteiger partial charge in [0.25, 0.3) is 0 Å². The van der Waals surface area contributed by atoms with Gasteiger partial charge < -0.3 is 5.11 Å². The molecule has 1 aliphatic rings. The zero-order valence-electron chi connectivity index (χ0n) is 12.6. The molecule has 0 radical (unpaired) electrons. The van der Waals surface area contributed by atoms with E-state index < -0.39 is 0 Å². The zero-order chi connectivity index (χ0) is 14.4. The molecule has 20 heavy (non-hydrogen) atoms. The molecule has 108 valence electrons. The Labute approximate surface area is 122 Å². The van der Waals surface area contributed by atoms with E-state index in [1.807, 2.05) is 0 Å². The predicted molar refractivity (Wildman–Crippen MR) is 83.2 cm³/mol. The van der Waals surface area contributed by atoms with Crippen LogP contribution in [0.15, 0.2) is 24.3 Å². The molecule has 0 aromatic heterocycles. The summed E-state index contributed by atoms with van der Waals surface area (Å²) in [5.41, 5.74) is 2.39. The first kappa shape index (κ1) is 15.1. The molecule has 0 aliphatic carbocycles. The van der Waals surface area contributed by atoms with Gasteiger partial charge in [0.05, 0.1) is 6.61 Å². The van der Waals surface area contributed by atoms with Gasteiger partial charge in [-0.1, -0.05) is 37.8 Å². The Morgan fingerprint density at radius 1 is 1.20 bits per heavy atom. The van der Waals surface area contributed by atoms with Gasteiger partial charge in [0.15, 0.2) is 0 Å². The standard InChI is InChI=1S/C18H25NO/c1-15-10-11-19(13-16(15)2)14-18-8-6-17(7-9-18)5-3-4-12-20/h6-9,15-16,20H,4,10-14H2,1-2H3. The molecule has 1 aliphatic heterocycles. The number of hydrogen-bond acceptors (Lipinski definition) is 2. The Hall–Kier alpha value is -1.30. The number of benzene rings is 1. The summed E-state index contributed by atoms with van der Waals surface area (Å²) in [5.74, 6) is 7.67. The lowest BCUT2D eigenvalue weighted by Gasteiger charge is -2.35. The van der Waals surface area contributed by atoms with Crippen LogP contribution in [0.25, 0.3) is 0 Å². The summed E-state index contributed by atoms with van der Waals surface area (Å²) in [4.78, 5) is 2.55. The van der Waals surface area contributed by atoms with Crippen molar-refractivity contribution >= 4 is 0 Å². The monoisotopic (exact) mass is 271 g/mol. The van der Waals surface area contributed by atoms with E-state index in [0.717, 1.165) is 23.9 Å². The van der Waals surface area contributed by atoms with Gasteiger partial charge in [-0.05, 0) is 42.5 Å². The van der Waals surface area contributed by atoms with E-state index >= 15 is 0 Å². The van der Waals surface area contributed by atoms with E-state index in [0.29, 0.717) is 6.42 Å². The maximum atomic E-state index is 8.70. The molecule has 2 rings (SSSR count). The number of hydrogen-bond donors (Lipinski definition) is 1. The van der Waals surface area contributed by atoms with Gasteiger partial charge in [0.2, 0.25) is 0 Å². The number of nitrogens with zero attached hydrogens (tertiary/aromatic N) is 1. The van der Waals surface area contributed by atoms with Crippen molar-refractivity contribution in [2.75, 3.05) is 19.7 Å². The number of piperidine rings is 1. The largest absolute Gasteiger partial charge is 0.395 e. The van der Waals surface area contributed by atoms with Crippen molar-refractivity contribution in [3.8, 4) is 11.8 Å². The first-order valence-electron chi connectivity index (χ1n) is 7.60. The van der Waals surface area contributed by atoms with Gasteiger partial charge in [-0.3, -0.25) is 4.90 Å². The number of rotatable bonds is 3. The van der Waals surface area contributed by atoms with E-state index in [2.05, 4.69) is 54.9 Å². The summed E-state index contributed by atoms with van der Waals surface area (Å²) in [6.45, 7) is 8.32. The lowest BCUT2D eigenvalue weighted by molar-refractivity contribution is 0.132. The molecule has 1 saturated heterocycles. The van der Waals surface area contributed by atoms with Crippen LogP contribution in [0, 0.1) is 23.7 Å². The Bertz CT molecular complexity index is 468. The SMILES string of the molecule is CC1CCN(Cc2ccc(C#CCCO)cc2)CC1C. The Morgan fingerprint density at radius 2 is 1.95 bits per heavy atom. The van der Waals surface area contributed by atoms with Crippen LogP contribution < -0.4 is 0 Å². The van der Waals surface area contributed by atoms with E-state index in [-0.39, 0.29) is 6.61 Å². The quantitative estimate of drug-likeness (QED) is 0.855. The first-order valence-corrected chi connectivity index (χ1v) is 7.60. The van der Waals surface area contributed by atoms with Crippen LogP contribution >= 0.6 is 0 Å². The van der Waals surface area contributed by atoms with Crippen LogP contribution in [-0.2, 0) is 6.54 Å². The van der Waals surface area contributed by atoms with Crippen LogP contribution in [0.1, 0.15) is 37.8 Å². The highest BCUT2D eigenvalue weighted by atomic mass is 16.2. The van der Waals surface area contributed by atoms with E-state index in [1.54, 1.807) is 0 Å². The summed E-state index contributed by atoms with van der Waals surface area (Å²) in [5, 5.41) is 8.70. The zero-order valence-corrected chi connectivity index (χ0v) is 12.6. The van der Waals surface area contributed by atoms with Crippen LogP contribution in [0.2, 0.25) is 0 Å². The molecule has 2 nitrogen and oxygen atoms in total. The molecule has 1 aromatic rings. The highest BCUT2D eigenvalue weighted by Crippen LogP contribution is 2.23. The average molecular weight is 271 g/mol. The van der Waals surface area contributed by atoms with Crippen LogP contribution in [-0.4, -0.2) is 29.7 Å². The second kappa shape index (κ2) is 7.47. The van der Waals surface area contributed by atoms with Gasteiger partial charge >= 0.3 is 0 Å². The third kappa shape index (κ3) is 4.37. The van der Waals surface area contributed by atoms with Crippen LogP contribution in [0.3, 0.4) is 0 Å². The fourth-order valence-corrected chi connectivity index (χ4v) is 2.66. The fraction of sp³-hybridized carbons (Fsp3) is 0.556. The van der Waals surface area contributed by atoms with Crippen molar-refractivity contribution in [3.05, 3.63) is 35.4 Å². The number of aliphatic hydroxyl groups is 1. The highest BCUT2D eigenvalue weighted by molar-refractivity contribution is 5.36. The fourth-order valence-electron chi connectivity index (χ4n) is 2.66. The van der Waals surface area contributed by atoms with Gasteiger partial charge in [-0.15, -0.1) is 0 Å². The summed E-state index contributed by atoms with van der Waals surface area (Å²) in [7, 11) is 0. The first-order chi connectivity index (χ1) is 9.69. The Kier molecular flexibility index (Phi) is 5.64. The summed E-state index contributed by atoms with van der Waals surface area (Å²) in [6, 6.07) is 8.50. The number of likely N-dealkylation sites (tertiary alicyclic amines) is 1. The maximum Gasteiger partial charge on any atom is 0.0540 e. The summed E-state index contributed by atoms with van der Waals surface area (Å²) in [6.07, 6.45) is 1.86. The molecule has 0 spiro atoms. The molecule has 1 aromatic carbocycles. The summed E-state index contributed by atoms with van der Waals surface area (Å²) < 4.78 is 0. The maximum absolute atomic E-state index is 8.70. The molecule has 2 atom stereocenters. The third-order valence-corrected chi connectivity index (χ3v) is 4.25. The normalized spacial score (nSPS) is 23.1. The lowest BCUT2D eigenvalue weighted by Crippen LogP contribution is -2.37. The molecule has 1 fully saturated rings. The van der Waals surface area contributed by atoms with Crippen molar-refractivity contribution in [3.63, 3.8) is 0 Å². The minimum Gasteiger partial charge on any atom is -0.395 e. The molecule has 2 unspecified atom stereocenters. The van der Waals surface area contributed by atoms with Gasteiger partial charge in [-0.2, -0.15) is 0 Å². The van der Waals surface area contributed by atoms with Gasteiger partial charge in [-0.25, -0.2) is 0 Å². The van der Waals surface area contributed by atoms with Crippen molar-refractivity contribution in [1.82, 2.24) is 4.90 Å². The average Bonchev–Trinajstić information content (AvgIpc) is 2.45. The third-order valence-electron chi connectivity index (χ3n) is 4.25. The lowest BCUT2D eigenvalue weighted by atomic mass is 9.88. The van der Waals surface area contributed by atoms with Crippen molar-refractivity contribution < 1.29 is 5.11 Å². The smallest absolute Gasteiger partial charge is 0.0540 e. The van der Waals surface area contributed by atoms with E-state index in [1.165, 1.54) is 25.1 Å². The van der Waals surface area contributed by atoms with Crippen molar-refractivity contribution in [2.45, 2.75) is 33.2 Å². The topological polar surface area (TPSA) is 23.5 Å². The highest BCUT2D eigenvalue weighted by Gasteiger charge is 2.22. The molecule has 2 heteroatoms. The molecule has 1 heterocycles. The van der Waals surface area contributed by atoms with Gasteiger partial charge in [0.1, 0.15) is 0 Å². The second-order valence-electron chi connectivity index (χ2n) is 5.95. The molecule has 1 N–H and O–H groups in total. The molecule has 0 saturated carbocycles. The van der Waals surface area contributed by atoms with Crippen molar-refractivity contribution in [2.24, 2.45) is 11.8 Å². The van der Waals surface area contributed by atoms with E-state index in [9.17, 15) is 0 Å². The minimum absolute atomic E-state index is 0.136. The molecule has 0 amide bonds. The van der Waals surface area contributed by atoms with Gasteiger partial charge in [0, 0.05) is 25.1 Å². The molecule has 0 bridgehead atoms. The van der Waals surface area contributed by atoms with Crippen LogP contribution in [0.5, 0.6) is 0 Å². The Balaban J connectivity index is 1.89. The molecular formula is C18H25NO. The van der Waals surface area contributed by atoms with Crippen LogP contribution in [0.4, 0.5) is 0 Å².